The number of halogens is 2. The van der Waals surface area contributed by atoms with Crippen LogP contribution in [-0.2, 0) is 22.4 Å². The molecule has 3 aromatic carbocycles. The number of hydrogen-bond acceptors (Lipinski definition) is 5. The number of nitrogens with one attached hydrogen (secondary N) is 1. The fraction of sp³-hybridized carbons (Fsp3) is 0.300. The minimum Gasteiger partial charge on any atom is -0.392 e. The molecule has 200 valence electrons. The lowest BCUT2D eigenvalue weighted by molar-refractivity contribution is -0.137. The van der Waals surface area contributed by atoms with Gasteiger partial charge < -0.3 is 15.3 Å². The molecule has 5 rings (SSSR count). The SMILES string of the molecule is N#Cc1cccc(-c2ccc3c(c2)CC(N(CC(=O)Nc2cc(Cl)cc(Cl)c2)C(=O)CN2CCC(O)C2)C3)c1. The average molecular weight is 563 g/mol. The van der Waals surface area contributed by atoms with Crippen molar-refractivity contribution in [3.63, 3.8) is 0 Å². The Balaban J connectivity index is 1.35. The van der Waals surface area contributed by atoms with E-state index in [2.05, 4.69) is 23.5 Å². The van der Waals surface area contributed by atoms with Gasteiger partial charge in [-0.3, -0.25) is 14.5 Å². The van der Waals surface area contributed by atoms with Gasteiger partial charge in [0.1, 0.15) is 6.54 Å². The predicted octanol–water partition coefficient (Wildman–Crippen LogP) is 4.53. The highest BCUT2D eigenvalue weighted by Gasteiger charge is 2.33. The number of aliphatic hydroxyl groups is 1. The topological polar surface area (TPSA) is 96.7 Å². The van der Waals surface area contributed by atoms with Gasteiger partial charge in [0.15, 0.2) is 0 Å². The van der Waals surface area contributed by atoms with Gasteiger partial charge in [-0.15, -0.1) is 0 Å². The second-order valence-corrected chi connectivity index (χ2v) is 11.0. The molecule has 9 heteroatoms. The number of carbonyl (C=O) groups excluding carboxylic acids is 2. The summed E-state index contributed by atoms with van der Waals surface area (Å²) in [6, 6.07) is 20.5. The lowest BCUT2D eigenvalue weighted by Crippen LogP contribution is -2.49. The fourth-order valence-corrected chi connectivity index (χ4v) is 5.93. The van der Waals surface area contributed by atoms with E-state index in [0.29, 0.717) is 53.6 Å². The van der Waals surface area contributed by atoms with Crippen LogP contribution in [0.25, 0.3) is 11.1 Å². The lowest BCUT2D eigenvalue weighted by Gasteiger charge is -2.30. The van der Waals surface area contributed by atoms with E-state index in [9.17, 15) is 20.0 Å². The molecule has 0 aromatic heterocycles. The summed E-state index contributed by atoms with van der Waals surface area (Å²) in [6.45, 7) is 1.12. The summed E-state index contributed by atoms with van der Waals surface area (Å²) < 4.78 is 0. The van der Waals surface area contributed by atoms with Crippen LogP contribution in [0.15, 0.2) is 60.7 Å². The summed E-state index contributed by atoms with van der Waals surface area (Å²) in [4.78, 5) is 30.2. The number of rotatable bonds is 7. The molecule has 0 bridgehead atoms. The number of aliphatic hydroxyl groups excluding tert-OH is 1. The van der Waals surface area contributed by atoms with Crippen LogP contribution in [-0.4, -0.2) is 65.0 Å². The number of fused-ring (bicyclic) bond motifs is 1. The minimum atomic E-state index is -0.434. The molecule has 1 aliphatic carbocycles. The summed E-state index contributed by atoms with van der Waals surface area (Å²) in [5.74, 6) is -0.490. The number of nitrogens with zero attached hydrogens (tertiary/aromatic N) is 3. The minimum absolute atomic E-state index is 0.116. The summed E-state index contributed by atoms with van der Waals surface area (Å²) in [5, 5.41) is 22.8. The Labute approximate surface area is 237 Å². The van der Waals surface area contributed by atoms with E-state index in [1.54, 1.807) is 29.2 Å². The first-order chi connectivity index (χ1) is 18.8. The van der Waals surface area contributed by atoms with Crippen LogP contribution in [0.1, 0.15) is 23.1 Å². The van der Waals surface area contributed by atoms with Gasteiger partial charge in [-0.2, -0.15) is 5.26 Å². The third-order valence-electron chi connectivity index (χ3n) is 7.27. The maximum absolute atomic E-state index is 13.5. The van der Waals surface area contributed by atoms with Gasteiger partial charge in [-0.25, -0.2) is 0 Å². The Kier molecular flexibility index (Phi) is 8.20. The number of carbonyl (C=O) groups is 2. The number of anilines is 1. The van der Waals surface area contributed by atoms with Gasteiger partial charge >= 0.3 is 0 Å². The zero-order valence-corrected chi connectivity index (χ0v) is 22.8. The molecule has 2 unspecified atom stereocenters. The normalized spacial score (nSPS) is 18.4. The fourth-order valence-electron chi connectivity index (χ4n) is 5.40. The van der Waals surface area contributed by atoms with Crippen LogP contribution in [0.4, 0.5) is 5.69 Å². The van der Waals surface area contributed by atoms with Crippen molar-refractivity contribution in [1.82, 2.24) is 9.80 Å². The number of amides is 2. The zero-order valence-electron chi connectivity index (χ0n) is 21.2. The summed E-state index contributed by atoms with van der Waals surface area (Å²) in [7, 11) is 0. The van der Waals surface area contributed by atoms with E-state index in [1.807, 2.05) is 29.2 Å². The van der Waals surface area contributed by atoms with Gasteiger partial charge in [0.25, 0.3) is 0 Å². The van der Waals surface area contributed by atoms with Gasteiger partial charge in [0.05, 0.1) is 24.3 Å². The number of hydrogen-bond donors (Lipinski definition) is 2. The van der Waals surface area contributed by atoms with Crippen LogP contribution < -0.4 is 5.32 Å². The molecule has 0 spiro atoms. The molecule has 1 saturated heterocycles. The highest BCUT2D eigenvalue weighted by molar-refractivity contribution is 6.35. The Bertz CT molecular complexity index is 1430. The number of nitriles is 1. The van der Waals surface area contributed by atoms with Crippen LogP contribution in [0, 0.1) is 11.3 Å². The molecule has 2 atom stereocenters. The van der Waals surface area contributed by atoms with Crippen LogP contribution >= 0.6 is 23.2 Å². The first kappa shape index (κ1) is 27.2. The molecule has 0 radical (unpaired) electrons. The summed E-state index contributed by atoms with van der Waals surface area (Å²) in [5.41, 5.74) is 5.28. The van der Waals surface area contributed by atoms with Crippen molar-refractivity contribution in [1.29, 1.82) is 5.26 Å². The van der Waals surface area contributed by atoms with Crippen molar-refractivity contribution in [3.8, 4) is 17.2 Å². The van der Waals surface area contributed by atoms with Gasteiger partial charge in [-0.1, -0.05) is 53.5 Å². The smallest absolute Gasteiger partial charge is 0.244 e. The molecule has 2 amide bonds. The molecule has 2 N–H and O–H groups in total. The Morgan fingerprint density at radius 1 is 1.03 bits per heavy atom. The number of benzene rings is 3. The maximum Gasteiger partial charge on any atom is 0.244 e. The van der Waals surface area contributed by atoms with Crippen molar-refractivity contribution in [2.75, 3.05) is 31.5 Å². The van der Waals surface area contributed by atoms with Crippen LogP contribution in [0.3, 0.4) is 0 Å². The monoisotopic (exact) mass is 562 g/mol. The summed E-state index contributed by atoms with van der Waals surface area (Å²) in [6.07, 6.45) is 1.45. The zero-order chi connectivity index (χ0) is 27.5. The molecule has 1 fully saturated rings. The van der Waals surface area contributed by atoms with Gasteiger partial charge in [0.2, 0.25) is 11.8 Å². The maximum atomic E-state index is 13.5. The molecule has 1 aliphatic heterocycles. The third-order valence-corrected chi connectivity index (χ3v) is 7.71. The van der Waals surface area contributed by atoms with E-state index in [0.717, 1.165) is 22.3 Å². The van der Waals surface area contributed by atoms with Crippen molar-refractivity contribution >= 4 is 40.7 Å². The Morgan fingerprint density at radius 3 is 2.49 bits per heavy atom. The van der Waals surface area contributed by atoms with E-state index < -0.39 is 6.10 Å². The second kappa shape index (κ2) is 11.8. The van der Waals surface area contributed by atoms with E-state index in [4.69, 9.17) is 23.2 Å². The number of likely N-dealkylation sites (tertiary alicyclic amines) is 1. The van der Waals surface area contributed by atoms with Crippen molar-refractivity contribution in [2.45, 2.75) is 31.4 Å². The molecular weight excluding hydrogens is 535 g/mol. The highest BCUT2D eigenvalue weighted by Crippen LogP contribution is 2.31. The van der Waals surface area contributed by atoms with Gasteiger partial charge in [-0.05, 0) is 71.8 Å². The van der Waals surface area contributed by atoms with E-state index in [1.165, 1.54) is 0 Å². The van der Waals surface area contributed by atoms with Gasteiger partial charge in [0, 0.05) is 34.9 Å². The molecule has 2 aliphatic rings. The van der Waals surface area contributed by atoms with Crippen molar-refractivity contribution in [2.24, 2.45) is 0 Å². The molecule has 3 aromatic rings. The molecule has 1 heterocycles. The largest absolute Gasteiger partial charge is 0.392 e. The first-order valence-electron chi connectivity index (χ1n) is 12.9. The highest BCUT2D eigenvalue weighted by atomic mass is 35.5. The van der Waals surface area contributed by atoms with E-state index in [-0.39, 0.29) is 30.9 Å². The molecular formula is C30H28Cl2N4O3. The Hall–Kier alpha value is -3.41. The quantitative estimate of drug-likeness (QED) is 0.441. The van der Waals surface area contributed by atoms with Crippen molar-refractivity contribution in [3.05, 3.63) is 87.4 Å². The summed E-state index contributed by atoms with van der Waals surface area (Å²) >= 11 is 12.2. The second-order valence-electron chi connectivity index (χ2n) is 10.1. The molecule has 39 heavy (non-hydrogen) atoms. The Morgan fingerprint density at radius 2 is 1.77 bits per heavy atom. The van der Waals surface area contributed by atoms with E-state index >= 15 is 0 Å². The standard InChI is InChI=1S/C30H28Cl2N4O3/c31-24-12-25(32)14-26(13-24)34-29(38)17-36(30(39)18-35-7-6-28(37)16-35)27-10-22-5-4-21(9-23(22)11-27)20-3-1-2-19(8-20)15-33/h1-5,8-9,12-14,27-28,37H,6-7,10-11,16-18H2,(H,34,38). The predicted molar refractivity (Wildman–Crippen MR) is 152 cm³/mol. The van der Waals surface area contributed by atoms with Crippen LogP contribution in [0.5, 0.6) is 0 Å². The van der Waals surface area contributed by atoms with Crippen molar-refractivity contribution < 1.29 is 14.7 Å². The molecule has 7 nitrogen and oxygen atoms in total. The average Bonchev–Trinajstić information content (AvgIpc) is 3.51. The van der Waals surface area contributed by atoms with Crippen LogP contribution in [0.2, 0.25) is 10.0 Å². The number of β-amino-alcohol motifs (C(OH)–C–C–N with tert-alkyl or cyclic N) is 1. The third kappa shape index (κ3) is 6.60. The molecule has 0 saturated carbocycles. The first-order valence-corrected chi connectivity index (χ1v) is 13.6. The lowest BCUT2D eigenvalue weighted by atomic mass is 9.99.